The van der Waals surface area contributed by atoms with Crippen LogP contribution in [0.5, 0.6) is 0 Å². The maximum atomic E-state index is 6.82. The largest absolute Gasteiger partial charge is 0.454 e. The van der Waals surface area contributed by atoms with Gasteiger partial charge in [0.25, 0.3) is 0 Å². The van der Waals surface area contributed by atoms with Crippen LogP contribution < -0.4 is 4.90 Å². The van der Waals surface area contributed by atoms with Gasteiger partial charge in [-0.25, -0.2) is 0 Å². The molecule has 12 rings (SSSR count). The van der Waals surface area contributed by atoms with Crippen molar-refractivity contribution >= 4 is 82.4 Å². The van der Waals surface area contributed by atoms with E-state index in [1.165, 1.54) is 60.0 Å². The Morgan fingerprint density at radius 2 is 0.966 bits per heavy atom. The summed E-state index contributed by atoms with van der Waals surface area (Å²) >= 11 is 0. The van der Waals surface area contributed by atoms with Crippen LogP contribution in [0.1, 0.15) is 0 Å². The molecular formula is C56H36N2O. The zero-order valence-electron chi connectivity index (χ0n) is 32.1. The van der Waals surface area contributed by atoms with Crippen LogP contribution in [0.15, 0.2) is 223 Å². The first kappa shape index (κ1) is 33.3. The van der Waals surface area contributed by atoms with E-state index in [9.17, 15) is 0 Å². The Morgan fingerprint density at radius 1 is 0.373 bits per heavy atom. The zero-order valence-corrected chi connectivity index (χ0v) is 32.1. The summed E-state index contributed by atoms with van der Waals surface area (Å²) in [7, 11) is 0. The van der Waals surface area contributed by atoms with Crippen LogP contribution in [0.25, 0.3) is 93.2 Å². The third kappa shape index (κ3) is 5.36. The van der Waals surface area contributed by atoms with E-state index in [0.29, 0.717) is 0 Å². The van der Waals surface area contributed by atoms with Gasteiger partial charge in [0.15, 0.2) is 5.58 Å². The molecule has 0 radical (unpaired) electrons. The average molecular weight is 753 g/mol. The molecule has 0 saturated heterocycles. The Balaban J connectivity index is 1.00. The van der Waals surface area contributed by atoms with Crippen molar-refractivity contribution < 1.29 is 4.42 Å². The van der Waals surface area contributed by atoms with Gasteiger partial charge in [-0.05, 0) is 111 Å². The fourth-order valence-electron chi connectivity index (χ4n) is 9.23. The van der Waals surface area contributed by atoms with Gasteiger partial charge in [-0.3, -0.25) is 0 Å². The predicted octanol–water partition coefficient (Wildman–Crippen LogP) is 15.8. The van der Waals surface area contributed by atoms with Crippen LogP contribution >= 0.6 is 0 Å². The van der Waals surface area contributed by atoms with E-state index >= 15 is 0 Å². The molecule has 0 aliphatic rings. The van der Waals surface area contributed by atoms with Crippen molar-refractivity contribution in [2.24, 2.45) is 0 Å². The number of aromatic nitrogens is 1. The molecule has 0 amide bonds. The quantitative estimate of drug-likeness (QED) is 0.169. The number of anilines is 3. The lowest BCUT2D eigenvalue weighted by Crippen LogP contribution is -2.10. The molecule has 0 atom stereocenters. The smallest absolute Gasteiger partial charge is 0.159 e. The van der Waals surface area contributed by atoms with Gasteiger partial charge in [0.2, 0.25) is 0 Å². The summed E-state index contributed by atoms with van der Waals surface area (Å²) < 4.78 is 9.18. The van der Waals surface area contributed by atoms with Crippen molar-refractivity contribution in [3.63, 3.8) is 0 Å². The molecular weight excluding hydrogens is 717 g/mol. The lowest BCUT2D eigenvalue weighted by Gasteiger charge is -2.26. The highest BCUT2D eigenvalue weighted by Crippen LogP contribution is 2.45. The Bertz CT molecular complexity index is 3540. The van der Waals surface area contributed by atoms with Crippen LogP contribution in [0.4, 0.5) is 17.1 Å². The molecule has 3 nitrogen and oxygen atoms in total. The molecule has 0 unspecified atom stereocenters. The van der Waals surface area contributed by atoms with E-state index in [4.69, 9.17) is 4.42 Å². The van der Waals surface area contributed by atoms with E-state index in [0.717, 1.165) is 50.3 Å². The van der Waals surface area contributed by atoms with E-state index in [-0.39, 0.29) is 0 Å². The average Bonchev–Trinajstić information content (AvgIpc) is 3.86. The molecule has 0 bridgehead atoms. The molecule has 59 heavy (non-hydrogen) atoms. The number of hydrogen-bond donors (Lipinski definition) is 0. The highest BCUT2D eigenvalue weighted by Gasteiger charge is 2.21. The van der Waals surface area contributed by atoms with Crippen molar-refractivity contribution in [2.45, 2.75) is 0 Å². The van der Waals surface area contributed by atoms with E-state index in [2.05, 4.69) is 228 Å². The van der Waals surface area contributed by atoms with Crippen LogP contribution in [-0.2, 0) is 0 Å². The molecule has 0 N–H and O–H groups in total. The number of hydrogen-bond acceptors (Lipinski definition) is 2. The molecule has 276 valence electrons. The number of nitrogens with zero attached hydrogens (tertiary/aromatic N) is 2. The van der Waals surface area contributed by atoms with Gasteiger partial charge < -0.3 is 13.9 Å². The third-order valence-electron chi connectivity index (χ3n) is 12.0. The monoisotopic (exact) mass is 752 g/mol. The van der Waals surface area contributed by atoms with Gasteiger partial charge in [-0.1, -0.05) is 152 Å². The highest BCUT2D eigenvalue weighted by atomic mass is 16.3. The summed E-state index contributed by atoms with van der Waals surface area (Å²) in [6, 6.07) is 78.6. The Kier molecular flexibility index (Phi) is 7.54. The number of furan rings is 1. The van der Waals surface area contributed by atoms with E-state index in [1.807, 2.05) is 0 Å². The van der Waals surface area contributed by atoms with Crippen molar-refractivity contribution in [1.29, 1.82) is 0 Å². The second-order valence-corrected chi connectivity index (χ2v) is 15.3. The maximum absolute atomic E-state index is 6.82. The summed E-state index contributed by atoms with van der Waals surface area (Å²) in [5.41, 5.74) is 13.1. The minimum Gasteiger partial charge on any atom is -0.454 e. The number of para-hydroxylation sites is 3. The molecule has 2 heterocycles. The summed E-state index contributed by atoms with van der Waals surface area (Å²) in [6.45, 7) is 0. The van der Waals surface area contributed by atoms with E-state index < -0.39 is 0 Å². The molecule has 0 saturated carbocycles. The predicted molar refractivity (Wildman–Crippen MR) is 249 cm³/mol. The summed E-state index contributed by atoms with van der Waals surface area (Å²) in [4.78, 5) is 2.33. The second kappa shape index (κ2) is 13.4. The normalized spacial score (nSPS) is 11.7. The summed E-state index contributed by atoms with van der Waals surface area (Å²) in [6.07, 6.45) is 0. The number of fused-ring (bicyclic) bond motifs is 9. The minimum absolute atomic E-state index is 0.862. The molecule has 0 aliphatic heterocycles. The lowest BCUT2D eigenvalue weighted by atomic mass is 9.98. The van der Waals surface area contributed by atoms with Crippen molar-refractivity contribution in [3.05, 3.63) is 218 Å². The molecule has 12 aromatic rings. The first-order valence-corrected chi connectivity index (χ1v) is 20.2. The standard InChI is InChI=1S/C56H36N2O/c1-2-15-42(16-3-1)58-51-22-9-8-19-48(51)50-36-41(28-34-52(50)58)37-24-30-43(31-25-37)57(44-32-26-40(27-33-44)46-20-10-14-38-12-4-6-17-45(38)46)53-23-11-21-49-55-47-18-7-5-13-39(47)29-35-54(55)59-56(49)53/h1-36H. The van der Waals surface area contributed by atoms with Crippen LogP contribution in [0.3, 0.4) is 0 Å². The lowest BCUT2D eigenvalue weighted by molar-refractivity contribution is 0.669. The molecule has 10 aromatic carbocycles. The van der Waals surface area contributed by atoms with Gasteiger partial charge in [-0.2, -0.15) is 0 Å². The molecule has 0 fully saturated rings. The Hall–Kier alpha value is -7.88. The second-order valence-electron chi connectivity index (χ2n) is 15.3. The van der Waals surface area contributed by atoms with Gasteiger partial charge in [0, 0.05) is 38.6 Å². The topological polar surface area (TPSA) is 21.3 Å². The maximum Gasteiger partial charge on any atom is 0.159 e. The van der Waals surface area contributed by atoms with Gasteiger partial charge >= 0.3 is 0 Å². The van der Waals surface area contributed by atoms with Crippen molar-refractivity contribution in [2.75, 3.05) is 4.90 Å². The Labute approximate surface area is 341 Å². The Morgan fingerprint density at radius 3 is 1.76 bits per heavy atom. The highest BCUT2D eigenvalue weighted by molar-refractivity contribution is 6.21. The van der Waals surface area contributed by atoms with Gasteiger partial charge in [0.1, 0.15) is 5.58 Å². The van der Waals surface area contributed by atoms with E-state index in [1.54, 1.807) is 0 Å². The minimum atomic E-state index is 0.862. The zero-order chi connectivity index (χ0) is 38.9. The molecule has 2 aromatic heterocycles. The molecule has 0 spiro atoms. The summed E-state index contributed by atoms with van der Waals surface area (Å²) in [5.74, 6) is 0. The first-order valence-electron chi connectivity index (χ1n) is 20.2. The van der Waals surface area contributed by atoms with Gasteiger partial charge in [0.05, 0.1) is 16.7 Å². The summed E-state index contributed by atoms with van der Waals surface area (Å²) in [5, 5.41) is 9.61. The SMILES string of the molecule is c1ccc(-n2c3ccccc3c3cc(-c4ccc(N(c5ccc(-c6cccc7ccccc67)cc5)c5cccc6c5oc5ccc7ccccc7c56)cc4)ccc32)cc1. The fourth-order valence-corrected chi connectivity index (χ4v) is 9.23. The van der Waals surface area contributed by atoms with Crippen LogP contribution in [0, 0.1) is 0 Å². The van der Waals surface area contributed by atoms with Gasteiger partial charge in [-0.15, -0.1) is 0 Å². The van der Waals surface area contributed by atoms with Crippen LogP contribution in [-0.4, -0.2) is 4.57 Å². The third-order valence-corrected chi connectivity index (χ3v) is 12.0. The van der Waals surface area contributed by atoms with Crippen LogP contribution in [0.2, 0.25) is 0 Å². The number of rotatable bonds is 6. The van der Waals surface area contributed by atoms with Crippen molar-refractivity contribution in [3.8, 4) is 27.9 Å². The molecule has 0 aliphatic carbocycles. The van der Waals surface area contributed by atoms with Crippen molar-refractivity contribution in [1.82, 2.24) is 4.57 Å². The number of benzene rings is 10. The fraction of sp³-hybridized carbons (Fsp3) is 0. The molecule has 3 heteroatoms. The first-order chi connectivity index (χ1) is 29.3.